The number of amides is 2. The molecule has 1 aromatic carbocycles. The van der Waals surface area contributed by atoms with E-state index in [9.17, 15) is 18.0 Å². The number of nitrogens with zero attached hydrogens (tertiary/aromatic N) is 2. The van der Waals surface area contributed by atoms with E-state index in [1.165, 1.54) is 12.1 Å². The van der Waals surface area contributed by atoms with Crippen LogP contribution >= 0.6 is 11.8 Å². The van der Waals surface area contributed by atoms with Crippen molar-refractivity contribution in [2.24, 2.45) is 5.92 Å². The number of anilines is 1. The van der Waals surface area contributed by atoms with Crippen LogP contribution in [0.4, 0.5) is 23.7 Å². The second kappa shape index (κ2) is 8.37. The zero-order valence-electron chi connectivity index (χ0n) is 16.2. The number of likely N-dealkylation sites (tertiary alicyclic amines) is 1. The predicted octanol–water partition coefficient (Wildman–Crippen LogP) is 5.55. The molecule has 1 aliphatic heterocycles. The topological polar surface area (TPSA) is 54.5 Å². The number of rotatable bonds is 5. The Bertz CT molecular complexity index is 865. The van der Waals surface area contributed by atoms with E-state index >= 15 is 0 Å². The highest BCUT2D eigenvalue weighted by Gasteiger charge is 2.50. The standard InChI is InChI=1S/C21H22F3N3O2S/c22-21(23,24)29-17-1-3-18(4-2-17)30-20(9-10-20)15-7-13-27(14-8-15)19(28)26-16-5-11-25-12-6-16/h1-6,11-12,15H,7-10,13-14H2,(H,25,26,28). The molecule has 0 bridgehead atoms. The SMILES string of the molecule is O=C(Nc1ccncc1)N1CCC(C2(Sc3ccc(OC(F)(F)F)cc3)CC2)CC1. The van der Waals surface area contributed by atoms with E-state index in [1.54, 1.807) is 48.4 Å². The van der Waals surface area contributed by atoms with Crippen molar-refractivity contribution in [2.75, 3.05) is 18.4 Å². The van der Waals surface area contributed by atoms with E-state index in [0.29, 0.717) is 19.0 Å². The molecule has 0 atom stereocenters. The van der Waals surface area contributed by atoms with Crippen LogP contribution in [0.5, 0.6) is 5.75 Å². The normalized spacial score (nSPS) is 18.7. The highest BCUT2D eigenvalue weighted by atomic mass is 32.2. The van der Waals surface area contributed by atoms with Gasteiger partial charge in [-0.25, -0.2) is 4.79 Å². The summed E-state index contributed by atoms with van der Waals surface area (Å²) < 4.78 is 41.0. The van der Waals surface area contributed by atoms with Crippen molar-refractivity contribution < 1.29 is 22.7 Å². The molecule has 5 nitrogen and oxygen atoms in total. The van der Waals surface area contributed by atoms with Crippen LogP contribution < -0.4 is 10.1 Å². The second-order valence-corrected chi connectivity index (χ2v) is 9.10. The van der Waals surface area contributed by atoms with Gasteiger partial charge in [-0.05, 0) is 68.0 Å². The number of ether oxygens (including phenoxy) is 1. The predicted molar refractivity (Wildman–Crippen MR) is 108 cm³/mol. The van der Waals surface area contributed by atoms with Gasteiger partial charge in [0.05, 0.1) is 0 Å². The van der Waals surface area contributed by atoms with Gasteiger partial charge in [-0.3, -0.25) is 4.98 Å². The van der Waals surface area contributed by atoms with Crippen LogP contribution in [0.15, 0.2) is 53.7 Å². The van der Waals surface area contributed by atoms with E-state index in [4.69, 9.17) is 0 Å². The number of halogens is 3. The first-order valence-electron chi connectivity index (χ1n) is 9.84. The van der Waals surface area contributed by atoms with E-state index in [1.807, 2.05) is 4.90 Å². The average molecular weight is 437 g/mol. The number of hydrogen-bond acceptors (Lipinski definition) is 4. The van der Waals surface area contributed by atoms with Gasteiger partial charge < -0.3 is 15.0 Å². The maximum absolute atomic E-state index is 12.5. The number of carbonyl (C=O) groups excluding carboxylic acids is 1. The average Bonchev–Trinajstić information content (AvgIpc) is 3.50. The minimum absolute atomic E-state index is 0.0996. The van der Waals surface area contributed by atoms with Gasteiger partial charge in [-0.1, -0.05) is 0 Å². The number of nitrogens with one attached hydrogen (secondary N) is 1. The number of alkyl halides is 3. The van der Waals surface area contributed by atoms with Gasteiger partial charge in [0.1, 0.15) is 5.75 Å². The van der Waals surface area contributed by atoms with Gasteiger partial charge >= 0.3 is 12.4 Å². The van der Waals surface area contributed by atoms with Crippen LogP contribution in [0.3, 0.4) is 0 Å². The molecule has 2 aliphatic rings. The summed E-state index contributed by atoms with van der Waals surface area (Å²) >= 11 is 1.74. The van der Waals surface area contributed by atoms with E-state index < -0.39 is 6.36 Å². The summed E-state index contributed by atoms with van der Waals surface area (Å²) in [5.74, 6) is 0.281. The molecule has 9 heteroatoms. The summed E-state index contributed by atoms with van der Waals surface area (Å²) in [6, 6.07) is 9.50. The third kappa shape index (κ3) is 5.19. The number of urea groups is 1. The van der Waals surface area contributed by atoms with Crippen molar-refractivity contribution in [2.45, 2.75) is 41.7 Å². The molecule has 1 N–H and O–H groups in total. The van der Waals surface area contributed by atoms with Crippen LogP contribution in [0, 0.1) is 5.92 Å². The molecule has 2 fully saturated rings. The van der Waals surface area contributed by atoms with E-state index in [-0.39, 0.29) is 16.5 Å². The molecule has 1 aromatic heterocycles. The Kier molecular flexibility index (Phi) is 5.81. The molecule has 2 heterocycles. The fourth-order valence-electron chi connectivity index (χ4n) is 3.91. The summed E-state index contributed by atoms with van der Waals surface area (Å²) in [5.41, 5.74) is 0.726. The van der Waals surface area contributed by atoms with Gasteiger partial charge in [-0.2, -0.15) is 0 Å². The maximum Gasteiger partial charge on any atom is 0.573 e. The van der Waals surface area contributed by atoms with Crippen molar-refractivity contribution in [3.8, 4) is 5.75 Å². The summed E-state index contributed by atoms with van der Waals surface area (Å²) in [6.45, 7) is 1.39. The first-order chi connectivity index (χ1) is 14.3. The lowest BCUT2D eigenvalue weighted by atomic mass is 9.91. The molecule has 1 saturated heterocycles. The Balaban J connectivity index is 1.29. The van der Waals surface area contributed by atoms with Gasteiger partial charge in [-0.15, -0.1) is 24.9 Å². The van der Waals surface area contributed by atoms with E-state index in [0.717, 1.165) is 36.3 Å². The van der Waals surface area contributed by atoms with Crippen LogP contribution in [-0.4, -0.2) is 40.1 Å². The number of carbonyl (C=O) groups is 1. The monoisotopic (exact) mass is 437 g/mol. The number of pyridine rings is 1. The first kappa shape index (κ1) is 20.8. The molecule has 1 saturated carbocycles. The van der Waals surface area contributed by atoms with Crippen molar-refractivity contribution in [3.05, 3.63) is 48.8 Å². The van der Waals surface area contributed by atoms with Gasteiger partial charge in [0.2, 0.25) is 0 Å². The van der Waals surface area contributed by atoms with Gasteiger partial charge in [0, 0.05) is 40.8 Å². The fraction of sp³-hybridized carbons (Fsp3) is 0.429. The van der Waals surface area contributed by atoms with Crippen LogP contribution in [-0.2, 0) is 0 Å². The van der Waals surface area contributed by atoms with E-state index in [2.05, 4.69) is 15.0 Å². The van der Waals surface area contributed by atoms with Crippen molar-refractivity contribution in [1.82, 2.24) is 9.88 Å². The summed E-state index contributed by atoms with van der Waals surface area (Å²) in [6.07, 6.45) is 2.62. The molecule has 4 rings (SSSR count). The fourth-order valence-corrected chi connectivity index (χ4v) is 5.36. The Morgan fingerprint density at radius 3 is 2.30 bits per heavy atom. The summed E-state index contributed by atoms with van der Waals surface area (Å²) in [4.78, 5) is 19.2. The highest BCUT2D eigenvalue weighted by Crippen LogP contribution is 2.59. The lowest BCUT2D eigenvalue weighted by molar-refractivity contribution is -0.274. The zero-order chi connectivity index (χ0) is 21.2. The lowest BCUT2D eigenvalue weighted by Gasteiger charge is -2.36. The third-order valence-corrected chi connectivity index (χ3v) is 7.23. The minimum atomic E-state index is -4.68. The summed E-state index contributed by atoms with van der Waals surface area (Å²) in [7, 11) is 0. The number of piperidine rings is 1. The summed E-state index contributed by atoms with van der Waals surface area (Å²) in [5, 5.41) is 2.89. The Hall–Kier alpha value is -2.42. The largest absolute Gasteiger partial charge is 0.573 e. The van der Waals surface area contributed by atoms with Gasteiger partial charge in [0.15, 0.2) is 0 Å². The Labute approximate surface area is 177 Å². The molecule has 2 amide bonds. The molecule has 0 spiro atoms. The van der Waals surface area contributed by atoms with Crippen LogP contribution in [0.1, 0.15) is 25.7 Å². The van der Waals surface area contributed by atoms with Crippen molar-refractivity contribution >= 4 is 23.5 Å². The number of benzene rings is 1. The van der Waals surface area contributed by atoms with Gasteiger partial charge in [0.25, 0.3) is 0 Å². The molecular weight excluding hydrogens is 415 g/mol. The van der Waals surface area contributed by atoms with Crippen LogP contribution in [0.25, 0.3) is 0 Å². The second-order valence-electron chi connectivity index (χ2n) is 7.61. The highest BCUT2D eigenvalue weighted by molar-refractivity contribution is 8.01. The Morgan fingerprint density at radius 2 is 1.73 bits per heavy atom. The minimum Gasteiger partial charge on any atom is -0.406 e. The molecule has 0 unspecified atom stereocenters. The number of aromatic nitrogens is 1. The number of hydrogen-bond donors (Lipinski definition) is 1. The quantitative estimate of drug-likeness (QED) is 0.667. The molecule has 30 heavy (non-hydrogen) atoms. The smallest absolute Gasteiger partial charge is 0.406 e. The maximum atomic E-state index is 12.5. The Morgan fingerprint density at radius 1 is 1.10 bits per heavy atom. The van der Waals surface area contributed by atoms with Crippen molar-refractivity contribution in [1.29, 1.82) is 0 Å². The van der Waals surface area contributed by atoms with Crippen LogP contribution in [0.2, 0.25) is 0 Å². The van der Waals surface area contributed by atoms with Crippen molar-refractivity contribution in [3.63, 3.8) is 0 Å². The molecule has 160 valence electrons. The molecule has 1 aliphatic carbocycles. The molecule has 0 radical (unpaired) electrons. The lowest BCUT2D eigenvalue weighted by Crippen LogP contribution is -2.43. The third-order valence-electron chi connectivity index (χ3n) is 5.58. The molecule has 2 aromatic rings. The zero-order valence-corrected chi connectivity index (χ0v) is 17.0. The molecular formula is C21H22F3N3O2S. The number of thioether (sulfide) groups is 1. The first-order valence-corrected chi connectivity index (χ1v) is 10.7.